The predicted molar refractivity (Wildman–Crippen MR) is 85.7 cm³/mol. The van der Waals surface area contributed by atoms with E-state index in [0.717, 1.165) is 31.5 Å². The van der Waals surface area contributed by atoms with Gasteiger partial charge in [-0.3, -0.25) is 9.10 Å². The van der Waals surface area contributed by atoms with Crippen LogP contribution in [0, 0.1) is 0 Å². The van der Waals surface area contributed by atoms with E-state index in [1.165, 1.54) is 5.56 Å². The lowest BCUT2D eigenvalue weighted by molar-refractivity contribution is 0.0303. The molecule has 0 aromatic heterocycles. The first-order valence-corrected chi connectivity index (χ1v) is 8.05. The molecular formula is C16H22N2O2S. The van der Waals surface area contributed by atoms with Gasteiger partial charge in [0.05, 0.1) is 13.2 Å². The first kappa shape index (κ1) is 14.9. The number of hydrogen-bond donors (Lipinski definition) is 1. The number of amides is 1. The molecule has 3 rings (SSSR count). The van der Waals surface area contributed by atoms with Gasteiger partial charge in [0.2, 0.25) is 0 Å². The molecule has 1 aromatic rings. The molecule has 0 saturated carbocycles. The van der Waals surface area contributed by atoms with Crippen molar-refractivity contribution in [2.24, 2.45) is 0 Å². The summed E-state index contributed by atoms with van der Waals surface area (Å²) in [5.41, 5.74) is 2.13. The number of rotatable bonds is 2. The smallest absolute Gasteiger partial charge is 0.254 e. The number of nitrogens with zero attached hydrogens (tertiary/aromatic N) is 2. The Bertz CT molecular complexity index is 478. The van der Waals surface area contributed by atoms with Crippen LogP contribution in [0.4, 0.5) is 0 Å². The van der Waals surface area contributed by atoms with Crippen LogP contribution in [-0.4, -0.2) is 54.5 Å². The molecule has 0 spiro atoms. The van der Waals surface area contributed by atoms with E-state index in [1.54, 1.807) is 0 Å². The van der Waals surface area contributed by atoms with Gasteiger partial charge in [0.15, 0.2) is 0 Å². The number of piperidine rings is 1. The molecule has 0 aliphatic carbocycles. The molecule has 0 N–H and O–H groups in total. The predicted octanol–water partition coefficient (Wildman–Crippen LogP) is 2.18. The number of ether oxygens (including phenoxy) is 1. The SMILES string of the molecule is O=C(c1ccc(C2CCN(S)CC2)cc1)N1CCOCC1. The molecule has 1 amide bonds. The molecule has 0 unspecified atom stereocenters. The van der Waals surface area contributed by atoms with Gasteiger partial charge in [-0.2, -0.15) is 0 Å². The van der Waals surface area contributed by atoms with Crippen LogP contribution in [0.2, 0.25) is 0 Å². The normalized spacial score (nSPS) is 21.5. The number of hydrogen-bond acceptors (Lipinski definition) is 4. The first-order valence-electron chi connectivity index (χ1n) is 7.65. The van der Waals surface area contributed by atoms with Gasteiger partial charge in [-0.1, -0.05) is 24.9 Å². The number of carbonyl (C=O) groups is 1. The zero-order valence-corrected chi connectivity index (χ0v) is 13.1. The summed E-state index contributed by atoms with van der Waals surface area (Å²) in [5, 5.41) is 0. The molecule has 21 heavy (non-hydrogen) atoms. The van der Waals surface area contributed by atoms with Crippen molar-refractivity contribution < 1.29 is 9.53 Å². The Kier molecular flexibility index (Phi) is 4.83. The Labute approximate surface area is 131 Å². The topological polar surface area (TPSA) is 32.8 Å². The van der Waals surface area contributed by atoms with Crippen LogP contribution in [-0.2, 0) is 4.74 Å². The molecule has 1 aromatic carbocycles. The Morgan fingerprint density at radius 2 is 1.67 bits per heavy atom. The summed E-state index contributed by atoms with van der Waals surface area (Å²) in [6.07, 6.45) is 2.28. The van der Waals surface area contributed by atoms with Crippen LogP contribution in [0.25, 0.3) is 0 Å². The zero-order chi connectivity index (χ0) is 14.7. The van der Waals surface area contributed by atoms with Crippen molar-refractivity contribution in [1.29, 1.82) is 0 Å². The van der Waals surface area contributed by atoms with Gasteiger partial charge in [0.25, 0.3) is 5.91 Å². The molecule has 2 heterocycles. The van der Waals surface area contributed by atoms with Crippen molar-refractivity contribution in [3.63, 3.8) is 0 Å². The summed E-state index contributed by atoms with van der Waals surface area (Å²) in [6.45, 7) is 4.74. The highest BCUT2D eigenvalue weighted by Gasteiger charge is 2.21. The number of morpholine rings is 1. The summed E-state index contributed by atoms with van der Waals surface area (Å²) in [4.78, 5) is 14.3. The summed E-state index contributed by atoms with van der Waals surface area (Å²) in [5.74, 6) is 0.718. The largest absolute Gasteiger partial charge is 0.378 e. The highest BCUT2D eigenvalue weighted by Crippen LogP contribution is 2.28. The fourth-order valence-corrected chi connectivity index (χ4v) is 3.28. The molecule has 0 atom stereocenters. The maximum atomic E-state index is 12.4. The van der Waals surface area contributed by atoms with E-state index < -0.39 is 0 Å². The minimum Gasteiger partial charge on any atom is -0.378 e. The monoisotopic (exact) mass is 306 g/mol. The fraction of sp³-hybridized carbons (Fsp3) is 0.562. The molecule has 2 aliphatic heterocycles. The van der Waals surface area contributed by atoms with E-state index in [2.05, 4.69) is 29.3 Å². The van der Waals surface area contributed by atoms with Gasteiger partial charge in [0, 0.05) is 31.7 Å². The Morgan fingerprint density at radius 3 is 2.29 bits per heavy atom. The summed E-state index contributed by atoms with van der Waals surface area (Å²) in [6, 6.07) is 8.18. The third-order valence-electron chi connectivity index (χ3n) is 4.40. The summed E-state index contributed by atoms with van der Waals surface area (Å²) < 4.78 is 7.36. The van der Waals surface area contributed by atoms with Gasteiger partial charge in [-0.15, -0.1) is 0 Å². The first-order chi connectivity index (χ1) is 10.2. The van der Waals surface area contributed by atoms with Crippen molar-refractivity contribution in [3.05, 3.63) is 35.4 Å². The van der Waals surface area contributed by atoms with Crippen LogP contribution in [0.5, 0.6) is 0 Å². The minimum atomic E-state index is 0.120. The van der Waals surface area contributed by atoms with Crippen LogP contribution in [0.1, 0.15) is 34.7 Å². The van der Waals surface area contributed by atoms with Crippen molar-refractivity contribution in [1.82, 2.24) is 9.21 Å². The van der Waals surface area contributed by atoms with Crippen molar-refractivity contribution >= 4 is 18.7 Å². The number of benzene rings is 1. The minimum absolute atomic E-state index is 0.120. The standard InChI is InChI=1S/C16H22N2O2S/c19-16(17-9-11-20-12-10-17)15-3-1-13(2-4-15)14-5-7-18(21)8-6-14/h1-4,14,21H,5-12H2. The molecule has 4 nitrogen and oxygen atoms in total. The highest BCUT2D eigenvalue weighted by molar-refractivity contribution is 7.77. The van der Waals surface area contributed by atoms with E-state index in [9.17, 15) is 4.79 Å². The lowest BCUT2D eigenvalue weighted by Gasteiger charge is -2.29. The second kappa shape index (κ2) is 6.81. The lowest BCUT2D eigenvalue weighted by Crippen LogP contribution is -2.40. The number of thiol groups is 1. The van der Waals surface area contributed by atoms with Crippen LogP contribution in [0.15, 0.2) is 24.3 Å². The third-order valence-corrected chi connectivity index (χ3v) is 4.80. The van der Waals surface area contributed by atoms with Crippen LogP contribution < -0.4 is 0 Å². The molecule has 2 fully saturated rings. The fourth-order valence-electron chi connectivity index (χ4n) is 3.05. The van der Waals surface area contributed by atoms with Crippen molar-refractivity contribution in [2.75, 3.05) is 39.4 Å². The molecule has 2 aliphatic rings. The molecular weight excluding hydrogens is 284 g/mol. The number of carbonyl (C=O) groups excluding carboxylic acids is 1. The highest BCUT2D eigenvalue weighted by atomic mass is 32.1. The van der Waals surface area contributed by atoms with Gasteiger partial charge >= 0.3 is 0 Å². The molecule has 0 bridgehead atoms. The van der Waals surface area contributed by atoms with E-state index in [4.69, 9.17) is 4.74 Å². The Balaban J connectivity index is 1.64. The molecule has 0 radical (unpaired) electrons. The lowest BCUT2D eigenvalue weighted by atomic mass is 9.90. The quantitative estimate of drug-likeness (QED) is 0.850. The maximum Gasteiger partial charge on any atom is 0.254 e. The van der Waals surface area contributed by atoms with Gasteiger partial charge in [-0.25, -0.2) is 0 Å². The van der Waals surface area contributed by atoms with Crippen LogP contribution >= 0.6 is 12.8 Å². The van der Waals surface area contributed by atoms with Gasteiger partial charge in [-0.05, 0) is 36.5 Å². The van der Waals surface area contributed by atoms with Crippen LogP contribution in [0.3, 0.4) is 0 Å². The average molecular weight is 306 g/mol. The molecule has 114 valence electrons. The zero-order valence-electron chi connectivity index (χ0n) is 12.2. The molecule has 2 saturated heterocycles. The molecule has 5 heteroatoms. The van der Waals surface area contributed by atoms with E-state index in [-0.39, 0.29) is 5.91 Å². The second-order valence-electron chi connectivity index (χ2n) is 5.75. The van der Waals surface area contributed by atoms with E-state index >= 15 is 0 Å². The summed E-state index contributed by atoms with van der Waals surface area (Å²) in [7, 11) is 0. The second-order valence-corrected chi connectivity index (χ2v) is 6.32. The van der Waals surface area contributed by atoms with Gasteiger partial charge in [0.1, 0.15) is 0 Å². The van der Waals surface area contributed by atoms with E-state index in [0.29, 0.717) is 32.2 Å². The Hall–Kier alpha value is -1.04. The third kappa shape index (κ3) is 3.59. The summed E-state index contributed by atoms with van der Waals surface area (Å²) >= 11 is 4.39. The average Bonchev–Trinajstić information content (AvgIpc) is 2.56. The van der Waals surface area contributed by atoms with Crippen molar-refractivity contribution in [3.8, 4) is 0 Å². The Morgan fingerprint density at radius 1 is 1.05 bits per heavy atom. The van der Waals surface area contributed by atoms with Gasteiger partial charge < -0.3 is 9.64 Å². The maximum absolute atomic E-state index is 12.4. The van der Waals surface area contributed by atoms with E-state index in [1.807, 2.05) is 17.0 Å². The van der Waals surface area contributed by atoms with Crippen molar-refractivity contribution in [2.45, 2.75) is 18.8 Å².